The Morgan fingerprint density at radius 2 is 1.90 bits per heavy atom. The highest BCUT2D eigenvalue weighted by molar-refractivity contribution is 7.09. The number of amides is 2. The lowest BCUT2D eigenvalue weighted by Gasteiger charge is -2.06. The number of carboxylic acids is 1. The number of urea groups is 1. The number of thiazole rings is 1. The number of carbonyl (C=O) groups is 2. The van der Waals surface area contributed by atoms with E-state index in [-0.39, 0.29) is 18.3 Å². The first-order chi connectivity index (χ1) is 10.1. The number of aromatic nitrogens is 1. The van der Waals surface area contributed by atoms with Gasteiger partial charge in [-0.25, -0.2) is 14.6 Å². The number of aromatic carboxylic acids is 1. The van der Waals surface area contributed by atoms with E-state index in [9.17, 15) is 9.59 Å². The average Bonchev–Trinajstić information content (AvgIpc) is 2.93. The van der Waals surface area contributed by atoms with E-state index >= 15 is 0 Å². The van der Waals surface area contributed by atoms with Crippen molar-refractivity contribution >= 4 is 23.3 Å². The number of rotatable bonds is 10. The molecule has 0 unspecified atom stereocenters. The number of carboxylic acid groups (broad SMARTS) is 1. The first kappa shape index (κ1) is 17.4. The third-order valence-electron chi connectivity index (χ3n) is 2.99. The van der Waals surface area contributed by atoms with Crippen molar-refractivity contribution in [1.82, 2.24) is 15.6 Å². The topological polar surface area (TPSA) is 91.3 Å². The van der Waals surface area contributed by atoms with Gasteiger partial charge in [0.1, 0.15) is 5.01 Å². The fraction of sp³-hybridized carbons (Fsp3) is 0.643. The van der Waals surface area contributed by atoms with Crippen LogP contribution in [0.25, 0.3) is 0 Å². The van der Waals surface area contributed by atoms with Gasteiger partial charge in [0.05, 0.1) is 6.54 Å². The predicted octanol–water partition coefficient (Wildman–Crippen LogP) is 3.00. The van der Waals surface area contributed by atoms with Crippen LogP contribution in [0.15, 0.2) is 5.38 Å². The van der Waals surface area contributed by atoms with Crippen LogP contribution in [0.2, 0.25) is 0 Å². The molecule has 0 radical (unpaired) electrons. The monoisotopic (exact) mass is 313 g/mol. The Bertz CT molecular complexity index is 448. The summed E-state index contributed by atoms with van der Waals surface area (Å²) >= 11 is 1.22. The highest BCUT2D eigenvalue weighted by Gasteiger charge is 2.09. The lowest BCUT2D eigenvalue weighted by Crippen LogP contribution is -2.35. The van der Waals surface area contributed by atoms with Gasteiger partial charge in [-0.15, -0.1) is 11.3 Å². The van der Waals surface area contributed by atoms with E-state index < -0.39 is 5.97 Å². The number of carbonyl (C=O) groups excluding carboxylic acids is 1. The molecule has 0 saturated heterocycles. The lowest BCUT2D eigenvalue weighted by molar-refractivity contribution is 0.0691. The van der Waals surface area contributed by atoms with Gasteiger partial charge in [0, 0.05) is 11.9 Å². The fourth-order valence-corrected chi connectivity index (χ4v) is 2.52. The second-order valence-corrected chi connectivity index (χ2v) is 5.75. The first-order valence-electron chi connectivity index (χ1n) is 7.33. The van der Waals surface area contributed by atoms with Crippen LogP contribution in [0.5, 0.6) is 0 Å². The van der Waals surface area contributed by atoms with Crippen molar-refractivity contribution < 1.29 is 14.7 Å². The quantitative estimate of drug-likeness (QED) is 0.579. The number of nitrogens with one attached hydrogen (secondary N) is 2. The molecule has 2 amide bonds. The molecule has 0 fully saturated rings. The number of hydrogen-bond acceptors (Lipinski definition) is 4. The molecule has 1 aromatic heterocycles. The maximum atomic E-state index is 11.5. The molecular formula is C14H23N3O3S. The Kier molecular flexibility index (Phi) is 8.42. The predicted molar refractivity (Wildman–Crippen MR) is 82.7 cm³/mol. The van der Waals surface area contributed by atoms with Crippen LogP contribution in [0.3, 0.4) is 0 Å². The largest absolute Gasteiger partial charge is 0.476 e. The molecule has 1 aromatic rings. The zero-order valence-electron chi connectivity index (χ0n) is 12.4. The van der Waals surface area contributed by atoms with Gasteiger partial charge in [-0.3, -0.25) is 0 Å². The van der Waals surface area contributed by atoms with Crippen LogP contribution in [0.4, 0.5) is 4.79 Å². The summed E-state index contributed by atoms with van der Waals surface area (Å²) in [6.07, 6.45) is 7.11. The Morgan fingerprint density at radius 1 is 1.19 bits per heavy atom. The van der Waals surface area contributed by atoms with E-state index in [0.717, 1.165) is 12.8 Å². The first-order valence-corrected chi connectivity index (χ1v) is 8.20. The summed E-state index contributed by atoms with van der Waals surface area (Å²) in [7, 11) is 0. The molecule has 3 N–H and O–H groups in total. The highest BCUT2D eigenvalue weighted by Crippen LogP contribution is 2.09. The van der Waals surface area contributed by atoms with Crippen LogP contribution >= 0.6 is 11.3 Å². The van der Waals surface area contributed by atoms with Crippen LogP contribution in [0, 0.1) is 0 Å². The summed E-state index contributed by atoms with van der Waals surface area (Å²) in [5.74, 6) is -1.05. The molecule has 0 bridgehead atoms. The maximum Gasteiger partial charge on any atom is 0.355 e. The summed E-state index contributed by atoms with van der Waals surface area (Å²) in [4.78, 5) is 26.1. The van der Waals surface area contributed by atoms with E-state index in [2.05, 4.69) is 22.5 Å². The molecule has 0 aliphatic rings. The van der Waals surface area contributed by atoms with Gasteiger partial charge >= 0.3 is 12.0 Å². The standard InChI is InChI=1S/C14H23N3O3S/c1-2-3-4-5-6-7-8-15-14(20)16-9-12-17-11(10-21-12)13(18)19/h10H,2-9H2,1H3,(H,18,19)(H2,15,16,20). The van der Waals surface area contributed by atoms with Crippen molar-refractivity contribution in [3.05, 3.63) is 16.1 Å². The van der Waals surface area contributed by atoms with Gasteiger partial charge in [0.15, 0.2) is 5.69 Å². The molecule has 0 aliphatic heterocycles. The number of unbranched alkanes of at least 4 members (excludes halogenated alkanes) is 5. The van der Waals surface area contributed by atoms with Gasteiger partial charge in [0.25, 0.3) is 0 Å². The zero-order valence-corrected chi connectivity index (χ0v) is 13.2. The van der Waals surface area contributed by atoms with Gasteiger partial charge in [-0.05, 0) is 6.42 Å². The van der Waals surface area contributed by atoms with Gasteiger partial charge < -0.3 is 15.7 Å². The molecule has 0 atom stereocenters. The van der Waals surface area contributed by atoms with E-state index in [1.165, 1.54) is 42.4 Å². The van der Waals surface area contributed by atoms with Crippen LogP contribution in [0.1, 0.15) is 60.9 Å². The molecule has 21 heavy (non-hydrogen) atoms. The molecule has 1 rings (SSSR count). The number of nitrogens with zero attached hydrogens (tertiary/aromatic N) is 1. The summed E-state index contributed by atoms with van der Waals surface area (Å²) in [6.45, 7) is 3.10. The molecule has 0 aromatic carbocycles. The third kappa shape index (κ3) is 7.65. The van der Waals surface area contributed by atoms with Crippen LogP contribution < -0.4 is 10.6 Å². The second kappa shape index (κ2) is 10.1. The van der Waals surface area contributed by atoms with Crippen molar-refractivity contribution in [3.63, 3.8) is 0 Å². The minimum absolute atomic E-state index is 0.0179. The summed E-state index contributed by atoms with van der Waals surface area (Å²) < 4.78 is 0. The smallest absolute Gasteiger partial charge is 0.355 e. The Balaban J connectivity index is 2.06. The summed E-state index contributed by atoms with van der Waals surface area (Å²) in [5.41, 5.74) is 0.0179. The number of hydrogen-bond donors (Lipinski definition) is 3. The summed E-state index contributed by atoms with van der Waals surface area (Å²) in [6, 6.07) is -0.240. The maximum absolute atomic E-state index is 11.5. The van der Waals surface area contributed by atoms with E-state index in [0.29, 0.717) is 11.6 Å². The second-order valence-electron chi connectivity index (χ2n) is 4.81. The molecular weight excluding hydrogens is 290 g/mol. The van der Waals surface area contributed by atoms with Crippen LogP contribution in [-0.4, -0.2) is 28.6 Å². The molecule has 0 aliphatic carbocycles. The van der Waals surface area contributed by atoms with E-state index in [1.807, 2.05) is 0 Å². The van der Waals surface area contributed by atoms with Crippen molar-refractivity contribution in [2.45, 2.75) is 52.0 Å². The van der Waals surface area contributed by atoms with Gasteiger partial charge in [-0.1, -0.05) is 39.0 Å². The highest BCUT2D eigenvalue weighted by atomic mass is 32.1. The lowest BCUT2D eigenvalue weighted by atomic mass is 10.1. The average molecular weight is 313 g/mol. The Labute approximate surface area is 129 Å². The van der Waals surface area contributed by atoms with E-state index in [4.69, 9.17) is 5.11 Å². The van der Waals surface area contributed by atoms with Crippen molar-refractivity contribution in [2.24, 2.45) is 0 Å². The molecule has 0 saturated carbocycles. The third-order valence-corrected chi connectivity index (χ3v) is 3.84. The molecule has 0 spiro atoms. The summed E-state index contributed by atoms with van der Waals surface area (Å²) in [5, 5.41) is 16.2. The molecule has 7 heteroatoms. The van der Waals surface area contributed by atoms with Gasteiger partial charge in [0.2, 0.25) is 0 Å². The van der Waals surface area contributed by atoms with E-state index in [1.54, 1.807) is 0 Å². The minimum atomic E-state index is -1.05. The van der Waals surface area contributed by atoms with Crippen molar-refractivity contribution in [1.29, 1.82) is 0 Å². The Hall–Kier alpha value is -1.63. The SMILES string of the molecule is CCCCCCCCNC(=O)NCc1nc(C(=O)O)cs1. The van der Waals surface area contributed by atoms with Crippen LogP contribution in [-0.2, 0) is 6.54 Å². The normalized spacial score (nSPS) is 10.3. The zero-order chi connectivity index (χ0) is 15.5. The van der Waals surface area contributed by atoms with Crippen molar-refractivity contribution in [3.8, 4) is 0 Å². The molecule has 118 valence electrons. The molecule has 6 nitrogen and oxygen atoms in total. The van der Waals surface area contributed by atoms with Gasteiger partial charge in [-0.2, -0.15) is 0 Å². The Morgan fingerprint density at radius 3 is 2.57 bits per heavy atom. The molecule has 1 heterocycles. The van der Waals surface area contributed by atoms with Crippen molar-refractivity contribution in [2.75, 3.05) is 6.54 Å². The minimum Gasteiger partial charge on any atom is -0.476 e. The fourth-order valence-electron chi connectivity index (χ4n) is 1.82.